The molecule has 1 saturated heterocycles. The Hall–Kier alpha value is -2.70. The summed E-state index contributed by atoms with van der Waals surface area (Å²) in [7, 11) is 1.87. The third-order valence-corrected chi connectivity index (χ3v) is 8.91. The summed E-state index contributed by atoms with van der Waals surface area (Å²) in [6.45, 7) is 5.35. The molecule has 1 aromatic heterocycles. The summed E-state index contributed by atoms with van der Waals surface area (Å²) >= 11 is 7.34. The highest BCUT2D eigenvalue weighted by Gasteiger charge is 2.35. The Morgan fingerprint density at radius 2 is 1.68 bits per heavy atom. The van der Waals surface area contributed by atoms with Gasteiger partial charge in [-0.05, 0) is 48.5 Å². The fourth-order valence-corrected chi connectivity index (χ4v) is 6.62. The molecular weight excluding hydrogens is 658 g/mol. The minimum atomic E-state index is -1.65. The van der Waals surface area contributed by atoms with Crippen LogP contribution in [-0.4, -0.2) is 69.4 Å². The molecule has 1 atom stereocenters. The average molecular weight is 690 g/mol. The van der Waals surface area contributed by atoms with E-state index < -0.39 is 17.2 Å². The fourth-order valence-electron chi connectivity index (χ4n) is 5.37. The van der Waals surface area contributed by atoms with E-state index in [1.807, 2.05) is 18.0 Å². The predicted octanol–water partition coefficient (Wildman–Crippen LogP) is 5.42. The van der Waals surface area contributed by atoms with Crippen LogP contribution in [0.5, 0.6) is 0 Å². The first kappa shape index (κ1) is 29.8. The Morgan fingerprint density at radius 1 is 0.976 bits per heavy atom. The number of nitrogens with zero attached hydrogens (tertiary/aromatic N) is 6. The fraction of sp³-hybridized carbons (Fsp3) is 0.333. The van der Waals surface area contributed by atoms with Crippen molar-refractivity contribution in [2.75, 3.05) is 44.7 Å². The van der Waals surface area contributed by atoms with E-state index in [9.17, 15) is 13.9 Å². The average Bonchev–Trinajstić information content (AvgIpc) is 3.44. The lowest BCUT2D eigenvalue weighted by molar-refractivity contribution is -0.0175. The lowest BCUT2D eigenvalue weighted by Gasteiger charge is -2.36. The Kier molecular flexibility index (Phi) is 9.50. The van der Waals surface area contributed by atoms with Crippen LogP contribution in [0.2, 0.25) is 0 Å². The number of benzene rings is 3. The first-order valence-electron chi connectivity index (χ1n) is 13.4. The molecule has 0 radical (unpaired) electrons. The second-order valence-electron chi connectivity index (χ2n) is 10.6. The minimum Gasteiger partial charge on any atom is -0.382 e. The number of halogens is 4. The van der Waals surface area contributed by atoms with Gasteiger partial charge in [0.1, 0.15) is 29.9 Å². The molecule has 1 aliphatic heterocycles. The summed E-state index contributed by atoms with van der Waals surface area (Å²) in [5, 5.41) is 15.7. The monoisotopic (exact) mass is 688 g/mol. The van der Waals surface area contributed by atoms with Gasteiger partial charge >= 0.3 is 0 Å². The van der Waals surface area contributed by atoms with Crippen molar-refractivity contribution < 1.29 is 13.9 Å². The highest BCUT2D eigenvalue weighted by Crippen LogP contribution is 2.29. The summed E-state index contributed by atoms with van der Waals surface area (Å²) in [4.78, 5) is 10.7. The van der Waals surface area contributed by atoms with Crippen LogP contribution in [0, 0.1) is 11.6 Å². The van der Waals surface area contributed by atoms with Gasteiger partial charge in [0.2, 0.25) is 0 Å². The minimum absolute atomic E-state index is 0.0164. The van der Waals surface area contributed by atoms with Crippen LogP contribution in [0.3, 0.4) is 0 Å². The van der Waals surface area contributed by atoms with Crippen molar-refractivity contribution in [2.24, 2.45) is 0 Å². The van der Waals surface area contributed by atoms with Gasteiger partial charge in [-0.15, -0.1) is 0 Å². The van der Waals surface area contributed by atoms with E-state index in [2.05, 4.69) is 88.1 Å². The molecule has 1 aliphatic rings. The molecule has 3 aromatic carbocycles. The maximum absolute atomic E-state index is 14.8. The Bertz CT molecular complexity index is 1430. The van der Waals surface area contributed by atoms with Crippen LogP contribution < -0.4 is 4.90 Å². The number of likely N-dealkylation sites (N-methyl/N-ethyl adjacent to an activating group) is 1. The molecule has 0 aliphatic carbocycles. The van der Waals surface area contributed by atoms with Gasteiger partial charge in [0, 0.05) is 72.1 Å². The zero-order valence-corrected chi connectivity index (χ0v) is 25.9. The van der Waals surface area contributed by atoms with E-state index in [1.54, 1.807) is 0 Å². The number of hydrogen-bond acceptors (Lipinski definition) is 6. The molecule has 5 rings (SSSR count). The maximum atomic E-state index is 14.8. The number of piperazine rings is 1. The first-order valence-corrected chi connectivity index (χ1v) is 15.0. The van der Waals surface area contributed by atoms with Gasteiger partial charge in [-0.25, -0.2) is 18.4 Å². The van der Waals surface area contributed by atoms with Gasteiger partial charge in [-0.2, -0.15) is 5.10 Å². The summed E-state index contributed by atoms with van der Waals surface area (Å²) in [5.74, 6) is -1.49. The number of hydrogen-bond donors (Lipinski definition) is 1. The van der Waals surface area contributed by atoms with Gasteiger partial charge in [-0.1, -0.05) is 56.1 Å². The second-order valence-corrected chi connectivity index (χ2v) is 12.3. The molecule has 7 nitrogen and oxygen atoms in total. The van der Waals surface area contributed by atoms with Gasteiger partial charge in [0.25, 0.3) is 0 Å². The van der Waals surface area contributed by atoms with Crippen LogP contribution in [0.4, 0.5) is 14.5 Å². The van der Waals surface area contributed by atoms with Gasteiger partial charge in [0.05, 0.1) is 6.54 Å². The van der Waals surface area contributed by atoms with Crippen LogP contribution in [0.25, 0.3) is 0 Å². The topological polar surface area (TPSA) is 60.7 Å². The molecule has 1 N–H and O–H groups in total. The maximum Gasteiger partial charge on any atom is 0.137 e. The number of rotatable bonds is 10. The van der Waals surface area contributed by atoms with E-state index in [-0.39, 0.29) is 18.7 Å². The van der Waals surface area contributed by atoms with Gasteiger partial charge in [-0.3, -0.25) is 9.80 Å². The van der Waals surface area contributed by atoms with E-state index in [1.165, 1.54) is 34.7 Å². The SMILES string of the molecule is CN(Cc1ccc(N2CCN(Cc3c(Br)cccc3Br)CC2)cc1)CC(O)(Cn1cncn1)c1ccc(F)cc1F. The molecule has 41 heavy (non-hydrogen) atoms. The highest BCUT2D eigenvalue weighted by molar-refractivity contribution is 9.11. The van der Waals surface area contributed by atoms with Crippen molar-refractivity contribution >= 4 is 37.5 Å². The predicted molar refractivity (Wildman–Crippen MR) is 162 cm³/mol. The number of aliphatic hydroxyl groups is 1. The molecule has 0 spiro atoms. The number of aromatic nitrogens is 3. The smallest absolute Gasteiger partial charge is 0.137 e. The van der Waals surface area contributed by atoms with Crippen molar-refractivity contribution in [3.05, 3.63) is 111 Å². The van der Waals surface area contributed by atoms with E-state index in [0.717, 1.165) is 59.4 Å². The number of anilines is 1. The van der Waals surface area contributed by atoms with Crippen LogP contribution in [0.1, 0.15) is 16.7 Å². The summed E-state index contributed by atoms with van der Waals surface area (Å²) in [6, 6.07) is 17.9. The summed E-state index contributed by atoms with van der Waals surface area (Å²) < 4.78 is 32.1. The molecule has 216 valence electrons. The summed E-state index contributed by atoms with van der Waals surface area (Å²) in [5.41, 5.74) is 1.88. The third kappa shape index (κ3) is 7.39. The Morgan fingerprint density at radius 3 is 2.32 bits per heavy atom. The second kappa shape index (κ2) is 13.1. The van der Waals surface area contributed by atoms with Gasteiger partial charge in [0.15, 0.2) is 0 Å². The molecule has 4 aromatic rings. The third-order valence-electron chi connectivity index (χ3n) is 7.42. The zero-order chi connectivity index (χ0) is 29.0. The molecule has 0 bridgehead atoms. The van der Waals surface area contributed by atoms with Crippen LogP contribution >= 0.6 is 31.9 Å². The standard InChI is InChI=1S/C30H32Br2F2N6O/c1-37(18-30(41,19-40-21-35-20-36-40)26-10-7-23(33)15-29(26)34)16-22-5-8-24(9-6-22)39-13-11-38(12-14-39)17-25-27(31)3-2-4-28(25)32/h2-10,15,20-21,41H,11-14,16-19H2,1H3. The van der Waals surface area contributed by atoms with Crippen LogP contribution in [-0.2, 0) is 25.2 Å². The molecule has 0 amide bonds. The lowest BCUT2D eigenvalue weighted by Crippen LogP contribution is -2.46. The Labute approximate surface area is 255 Å². The van der Waals surface area contributed by atoms with Gasteiger partial charge < -0.3 is 10.0 Å². The van der Waals surface area contributed by atoms with E-state index >= 15 is 0 Å². The van der Waals surface area contributed by atoms with Crippen molar-refractivity contribution in [1.29, 1.82) is 0 Å². The summed E-state index contributed by atoms with van der Waals surface area (Å²) in [6.07, 6.45) is 2.82. The van der Waals surface area contributed by atoms with E-state index in [0.29, 0.717) is 6.54 Å². The van der Waals surface area contributed by atoms with Crippen molar-refractivity contribution in [3.63, 3.8) is 0 Å². The normalized spacial score (nSPS) is 15.8. The molecule has 1 fully saturated rings. The quantitative estimate of drug-likeness (QED) is 0.240. The molecule has 0 saturated carbocycles. The molecule has 1 unspecified atom stereocenters. The van der Waals surface area contributed by atoms with Crippen molar-refractivity contribution in [2.45, 2.75) is 25.2 Å². The lowest BCUT2D eigenvalue weighted by atomic mass is 9.92. The van der Waals surface area contributed by atoms with Crippen molar-refractivity contribution in [1.82, 2.24) is 24.6 Å². The molecule has 11 heteroatoms. The van der Waals surface area contributed by atoms with E-state index in [4.69, 9.17) is 0 Å². The highest BCUT2D eigenvalue weighted by atomic mass is 79.9. The van der Waals surface area contributed by atoms with Crippen LogP contribution in [0.15, 0.2) is 82.3 Å². The Balaban J connectivity index is 1.20. The first-order chi connectivity index (χ1) is 19.7. The van der Waals surface area contributed by atoms with Crippen molar-refractivity contribution in [3.8, 4) is 0 Å². The molecular formula is C30H32Br2F2N6O. The largest absolute Gasteiger partial charge is 0.382 e. The molecule has 2 heterocycles. The zero-order valence-electron chi connectivity index (χ0n) is 22.7.